The Morgan fingerprint density at radius 1 is 1.42 bits per heavy atom. The van der Waals surface area contributed by atoms with Crippen LogP contribution in [-0.4, -0.2) is 17.3 Å². The van der Waals surface area contributed by atoms with Gasteiger partial charge in [-0.15, -0.1) is 11.3 Å². The molecule has 0 spiro atoms. The maximum atomic E-state index is 13.1. The number of fused-ring (bicyclic) bond motifs is 1. The number of thiophene rings is 1. The Labute approximate surface area is 124 Å². The summed E-state index contributed by atoms with van der Waals surface area (Å²) < 4.78 is 13.9. The normalized spacial score (nSPS) is 12.9. The molecule has 102 valence electrons. The molecule has 0 fully saturated rings. The van der Waals surface area contributed by atoms with Crippen molar-refractivity contribution >= 4 is 43.3 Å². The van der Waals surface area contributed by atoms with Gasteiger partial charge in [0.05, 0.1) is 4.88 Å². The van der Waals surface area contributed by atoms with Gasteiger partial charge in [-0.3, -0.25) is 4.79 Å². The minimum Gasteiger partial charge on any atom is -0.348 e. The fourth-order valence-electron chi connectivity index (χ4n) is 1.74. The van der Waals surface area contributed by atoms with Crippen molar-refractivity contribution in [3.8, 4) is 0 Å². The molecule has 0 saturated carbocycles. The molecule has 0 radical (unpaired) electrons. The van der Waals surface area contributed by atoms with Gasteiger partial charge in [0.1, 0.15) is 5.82 Å². The standard InChI is InChI=1S/C14H15BrFNOS/c1-8(2)11(7-15)17-14(18)13-5-9-3-4-10(16)6-12(9)19-13/h3-6,8,11H,7H2,1-2H3,(H,17,18). The van der Waals surface area contributed by atoms with Crippen LogP contribution in [0, 0.1) is 11.7 Å². The summed E-state index contributed by atoms with van der Waals surface area (Å²) >= 11 is 4.72. The highest BCUT2D eigenvalue weighted by atomic mass is 79.9. The minimum atomic E-state index is -0.276. The van der Waals surface area contributed by atoms with Crippen molar-refractivity contribution < 1.29 is 9.18 Å². The second-order valence-corrected chi connectivity index (χ2v) is 6.50. The van der Waals surface area contributed by atoms with E-state index in [1.54, 1.807) is 12.1 Å². The van der Waals surface area contributed by atoms with Crippen molar-refractivity contribution in [2.75, 3.05) is 5.33 Å². The molecule has 1 heterocycles. The Bertz CT molecular complexity index is 596. The second-order valence-electron chi connectivity index (χ2n) is 4.77. The van der Waals surface area contributed by atoms with Gasteiger partial charge < -0.3 is 5.32 Å². The van der Waals surface area contributed by atoms with Gasteiger partial charge in [-0.25, -0.2) is 4.39 Å². The average molecular weight is 344 g/mol. The van der Waals surface area contributed by atoms with Crippen LogP contribution in [0.15, 0.2) is 24.3 Å². The zero-order valence-corrected chi connectivity index (χ0v) is 13.1. The first-order valence-corrected chi connectivity index (χ1v) is 8.01. The molecular weight excluding hydrogens is 329 g/mol. The molecule has 0 aliphatic rings. The third-order valence-corrected chi connectivity index (χ3v) is 4.79. The van der Waals surface area contributed by atoms with Gasteiger partial charge in [0, 0.05) is 16.1 Å². The Morgan fingerprint density at radius 3 is 2.79 bits per heavy atom. The molecule has 0 bridgehead atoms. The number of hydrogen-bond acceptors (Lipinski definition) is 2. The number of rotatable bonds is 4. The summed E-state index contributed by atoms with van der Waals surface area (Å²) in [4.78, 5) is 12.8. The SMILES string of the molecule is CC(C)C(CBr)NC(=O)c1cc2ccc(F)cc2s1. The summed E-state index contributed by atoms with van der Waals surface area (Å²) in [6.07, 6.45) is 0. The van der Waals surface area contributed by atoms with Crippen LogP contribution in [0.25, 0.3) is 10.1 Å². The lowest BCUT2D eigenvalue weighted by molar-refractivity contribution is 0.0936. The maximum absolute atomic E-state index is 13.1. The van der Waals surface area contributed by atoms with Gasteiger partial charge in [-0.2, -0.15) is 0 Å². The first-order valence-electron chi connectivity index (χ1n) is 6.07. The number of benzene rings is 1. The highest BCUT2D eigenvalue weighted by Crippen LogP contribution is 2.26. The van der Waals surface area contributed by atoms with E-state index in [-0.39, 0.29) is 17.8 Å². The van der Waals surface area contributed by atoms with E-state index >= 15 is 0 Å². The van der Waals surface area contributed by atoms with Crippen molar-refractivity contribution in [1.82, 2.24) is 5.32 Å². The van der Waals surface area contributed by atoms with E-state index < -0.39 is 0 Å². The van der Waals surface area contributed by atoms with E-state index in [9.17, 15) is 9.18 Å². The van der Waals surface area contributed by atoms with E-state index in [0.717, 1.165) is 15.4 Å². The number of nitrogens with one attached hydrogen (secondary N) is 1. The van der Waals surface area contributed by atoms with Crippen LogP contribution < -0.4 is 5.32 Å². The molecular formula is C14H15BrFNOS. The molecule has 1 atom stereocenters. The molecule has 2 nitrogen and oxygen atoms in total. The molecule has 1 aromatic carbocycles. The number of alkyl halides is 1. The summed E-state index contributed by atoms with van der Waals surface area (Å²) in [7, 11) is 0. The summed E-state index contributed by atoms with van der Waals surface area (Å²) in [6.45, 7) is 4.12. The molecule has 1 aromatic heterocycles. The van der Waals surface area contributed by atoms with Gasteiger partial charge in [0.25, 0.3) is 5.91 Å². The number of amides is 1. The van der Waals surface area contributed by atoms with E-state index in [2.05, 4.69) is 35.1 Å². The molecule has 0 saturated heterocycles. The quantitative estimate of drug-likeness (QED) is 0.828. The van der Waals surface area contributed by atoms with E-state index in [1.165, 1.54) is 23.5 Å². The number of halogens is 2. The van der Waals surface area contributed by atoms with E-state index in [1.807, 2.05) is 0 Å². The van der Waals surface area contributed by atoms with Gasteiger partial charge in [-0.05, 0) is 29.5 Å². The lowest BCUT2D eigenvalue weighted by atomic mass is 10.1. The Morgan fingerprint density at radius 2 is 2.16 bits per heavy atom. The predicted molar refractivity (Wildman–Crippen MR) is 81.7 cm³/mol. The highest BCUT2D eigenvalue weighted by Gasteiger charge is 2.17. The topological polar surface area (TPSA) is 29.1 Å². The van der Waals surface area contributed by atoms with Gasteiger partial charge in [0.15, 0.2) is 0 Å². The molecule has 0 aliphatic carbocycles. The number of carbonyl (C=O) groups is 1. The largest absolute Gasteiger partial charge is 0.348 e. The molecule has 19 heavy (non-hydrogen) atoms. The lowest BCUT2D eigenvalue weighted by Gasteiger charge is -2.19. The predicted octanol–water partition coefficient (Wildman–Crippen LogP) is 4.19. The third kappa shape index (κ3) is 3.34. The Hall–Kier alpha value is -0.940. The summed E-state index contributed by atoms with van der Waals surface area (Å²) in [5, 5.41) is 4.61. The zero-order chi connectivity index (χ0) is 14.0. The summed E-state index contributed by atoms with van der Waals surface area (Å²) in [6, 6.07) is 6.46. The van der Waals surface area contributed by atoms with Crippen LogP contribution in [0.2, 0.25) is 0 Å². The molecule has 5 heteroatoms. The molecule has 0 aliphatic heterocycles. The molecule has 1 unspecified atom stereocenters. The minimum absolute atomic E-state index is 0.0921. The zero-order valence-electron chi connectivity index (χ0n) is 10.7. The first kappa shape index (κ1) is 14.5. The molecule has 1 amide bonds. The van der Waals surface area contributed by atoms with Crippen LogP contribution in [0.4, 0.5) is 4.39 Å². The van der Waals surface area contributed by atoms with Crippen LogP contribution in [-0.2, 0) is 0 Å². The highest BCUT2D eigenvalue weighted by molar-refractivity contribution is 9.09. The fourth-order valence-corrected chi connectivity index (χ4v) is 3.64. The van der Waals surface area contributed by atoms with Crippen LogP contribution in [0.5, 0.6) is 0 Å². The summed E-state index contributed by atoms with van der Waals surface area (Å²) in [5.74, 6) is -0.0169. The summed E-state index contributed by atoms with van der Waals surface area (Å²) in [5.41, 5.74) is 0. The molecule has 1 N–H and O–H groups in total. The second kappa shape index (κ2) is 6.01. The van der Waals surface area contributed by atoms with Gasteiger partial charge >= 0.3 is 0 Å². The molecule has 2 rings (SSSR count). The van der Waals surface area contributed by atoms with E-state index in [4.69, 9.17) is 0 Å². The van der Waals surface area contributed by atoms with Crippen molar-refractivity contribution in [3.05, 3.63) is 35.0 Å². The Kier molecular flexibility index (Phi) is 4.58. The maximum Gasteiger partial charge on any atom is 0.261 e. The third-order valence-electron chi connectivity index (χ3n) is 2.99. The van der Waals surface area contributed by atoms with Gasteiger partial charge in [-0.1, -0.05) is 35.8 Å². The first-order chi connectivity index (χ1) is 9.01. The van der Waals surface area contributed by atoms with Crippen molar-refractivity contribution in [1.29, 1.82) is 0 Å². The van der Waals surface area contributed by atoms with Crippen LogP contribution in [0.3, 0.4) is 0 Å². The lowest BCUT2D eigenvalue weighted by Crippen LogP contribution is -2.39. The van der Waals surface area contributed by atoms with Crippen molar-refractivity contribution in [2.24, 2.45) is 5.92 Å². The fraction of sp³-hybridized carbons (Fsp3) is 0.357. The van der Waals surface area contributed by atoms with Crippen LogP contribution >= 0.6 is 27.3 Å². The van der Waals surface area contributed by atoms with Crippen molar-refractivity contribution in [2.45, 2.75) is 19.9 Å². The number of hydrogen-bond donors (Lipinski definition) is 1. The van der Waals surface area contributed by atoms with Crippen molar-refractivity contribution in [3.63, 3.8) is 0 Å². The van der Waals surface area contributed by atoms with E-state index in [0.29, 0.717) is 10.8 Å². The number of carbonyl (C=O) groups excluding carboxylic acids is 1. The monoisotopic (exact) mass is 343 g/mol. The average Bonchev–Trinajstić information content (AvgIpc) is 2.78. The Balaban J connectivity index is 2.21. The smallest absolute Gasteiger partial charge is 0.261 e. The molecule has 2 aromatic rings. The van der Waals surface area contributed by atoms with Crippen LogP contribution in [0.1, 0.15) is 23.5 Å². The van der Waals surface area contributed by atoms with Gasteiger partial charge in [0.2, 0.25) is 0 Å².